The van der Waals surface area contributed by atoms with E-state index in [9.17, 15) is 9.59 Å². The van der Waals surface area contributed by atoms with Crippen LogP contribution in [0.3, 0.4) is 0 Å². The third kappa shape index (κ3) is 4.94. The second-order valence-electron chi connectivity index (χ2n) is 8.16. The highest BCUT2D eigenvalue weighted by molar-refractivity contribution is 6.12. The summed E-state index contributed by atoms with van der Waals surface area (Å²) < 4.78 is 1.82. The van der Waals surface area contributed by atoms with E-state index in [0.29, 0.717) is 40.2 Å². The lowest BCUT2D eigenvalue weighted by atomic mass is 10.1. The molecule has 0 unspecified atom stereocenters. The zero-order valence-corrected chi connectivity index (χ0v) is 19.1. The highest BCUT2D eigenvalue weighted by Gasteiger charge is 2.18. The lowest BCUT2D eigenvalue weighted by molar-refractivity contribution is -0.114. The average molecular weight is 462 g/mol. The van der Waals surface area contributed by atoms with Crippen LogP contribution in [-0.4, -0.2) is 26.6 Å². The number of anilines is 2. The zero-order valence-electron chi connectivity index (χ0n) is 19.1. The second-order valence-corrected chi connectivity index (χ2v) is 8.16. The van der Waals surface area contributed by atoms with Crippen molar-refractivity contribution in [2.75, 3.05) is 10.6 Å². The maximum Gasteiger partial charge on any atom is 0.256 e. The highest BCUT2D eigenvalue weighted by Crippen LogP contribution is 2.26. The number of rotatable bonds is 6. The predicted molar refractivity (Wildman–Crippen MR) is 137 cm³/mol. The number of fused-ring (bicyclic) bond motifs is 1. The van der Waals surface area contributed by atoms with Crippen molar-refractivity contribution in [3.05, 3.63) is 108 Å². The fourth-order valence-corrected chi connectivity index (χ4v) is 3.90. The fraction of sp³-hybridized carbons (Fsp3) is 0.0714. The summed E-state index contributed by atoms with van der Waals surface area (Å²) in [6, 6.07) is 28.6. The molecule has 0 atom stereocenters. The molecule has 0 saturated carbocycles. The van der Waals surface area contributed by atoms with E-state index >= 15 is 0 Å². The molecule has 0 fully saturated rings. The molecule has 3 aromatic carbocycles. The quantitative estimate of drug-likeness (QED) is 0.356. The van der Waals surface area contributed by atoms with Crippen LogP contribution < -0.4 is 10.6 Å². The topological polar surface area (TPSA) is 88.9 Å². The number of carbonyl (C=O) groups excluding carboxylic acids is 2. The summed E-state index contributed by atoms with van der Waals surface area (Å²) >= 11 is 0. The predicted octanol–water partition coefficient (Wildman–Crippen LogP) is 5.36. The Morgan fingerprint density at radius 2 is 1.46 bits per heavy atom. The number of aromatic nitrogens is 3. The molecular formula is C28H23N5O2. The minimum atomic E-state index is -0.263. The Balaban J connectivity index is 1.53. The Morgan fingerprint density at radius 1 is 0.829 bits per heavy atom. The number of hydrogen-bond donors (Lipinski definition) is 2. The van der Waals surface area contributed by atoms with Crippen molar-refractivity contribution >= 4 is 34.2 Å². The SMILES string of the molecule is CC(=O)Nc1ccc(NC(=O)c2cc(-c3ccccc3)nc3c2cnn3Cc2ccccc2)cc1. The van der Waals surface area contributed by atoms with E-state index in [-0.39, 0.29) is 11.8 Å². The molecule has 0 saturated heterocycles. The summed E-state index contributed by atoms with van der Waals surface area (Å²) in [7, 11) is 0. The van der Waals surface area contributed by atoms with Gasteiger partial charge in [0.2, 0.25) is 5.91 Å². The van der Waals surface area contributed by atoms with Gasteiger partial charge in [-0.15, -0.1) is 0 Å². The van der Waals surface area contributed by atoms with Gasteiger partial charge in [0.25, 0.3) is 5.91 Å². The van der Waals surface area contributed by atoms with Crippen LogP contribution in [0.25, 0.3) is 22.3 Å². The van der Waals surface area contributed by atoms with Crippen molar-refractivity contribution in [3.63, 3.8) is 0 Å². The summed E-state index contributed by atoms with van der Waals surface area (Å²) in [5.74, 6) is -0.414. The number of carbonyl (C=O) groups is 2. The van der Waals surface area contributed by atoms with Gasteiger partial charge >= 0.3 is 0 Å². The highest BCUT2D eigenvalue weighted by atomic mass is 16.2. The van der Waals surface area contributed by atoms with Gasteiger partial charge in [-0.3, -0.25) is 9.59 Å². The van der Waals surface area contributed by atoms with E-state index in [4.69, 9.17) is 4.98 Å². The molecule has 0 bridgehead atoms. The van der Waals surface area contributed by atoms with E-state index < -0.39 is 0 Å². The number of nitrogens with one attached hydrogen (secondary N) is 2. The largest absolute Gasteiger partial charge is 0.326 e. The van der Waals surface area contributed by atoms with Crippen LogP contribution in [-0.2, 0) is 11.3 Å². The van der Waals surface area contributed by atoms with Gasteiger partial charge in [-0.2, -0.15) is 5.10 Å². The van der Waals surface area contributed by atoms with Crippen LogP contribution in [0.15, 0.2) is 97.2 Å². The van der Waals surface area contributed by atoms with E-state index in [1.807, 2.05) is 65.3 Å². The summed E-state index contributed by atoms with van der Waals surface area (Å²) in [4.78, 5) is 29.5. The van der Waals surface area contributed by atoms with Gasteiger partial charge in [0.05, 0.1) is 29.4 Å². The maximum absolute atomic E-state index is 13.4. The van der Waals surface area contributed by atoms with Gasteiger partial charge in [-0.25, -0.2) is 9.67 Å². The van der Waals surface area contributed by atoms with Crippen LogP contribution in [0.1, 0.15) is 22.8 Å². The minimum Gasteiger partial charge on any atom is -0.326 e. The molecule has 35 heavy (non-hydrogen) atoms. The first-order chi connectivity index (χ1) is 17.1. The van der Waals surface area contributed by atoms with E-state index in [1.54, 1.807) is 36.5 Å². The Hall–Kier alpha value is -4.78. The van der Waals surface area contributed by atoms with E-state index in [0.717, 1.165) is 11.1 Å². The molecule has 0 aliphatic carbocycles. The Kier molecular flexibility index (Phi) is 6.05. The molecule has 2 heterocycles. The first-order valence-corrected chi connectivity index (χ1v) is 11.2. The van der Waals surface area contributed by atoms with Crippen LogP contribution >= 0.6 is 0 Å². The maximum atomic E-state index is 13.4. The lowest BCUT2D eigenvalue weighted by Crippen LogP contribution is -2.13. The number of nitrogens with zero attached hydrogens (tertiary/aromatic N) is 3. The molecule has 0 spiro atoms. The standard InChI is InChI=1S/C28H23N5O2/c1-19(34)30-22-12-14-23(15-13-22)31-28(35)24-16-26(21-10-6-3-7-11-21)32-27-25(24)17-29-33(27)18-20-8-4-2-5-9-20/h2-17H,18H2,1H3,(H,30,34)(H,31,35). The number of amides is 2. The van der Waals surface area contributed by atoms with Crippen molar-refractivity contribution in [2.45, 2.75) is 13.5 Å². The van der Waals surface area contributed by atoms with Crippen LogP contribution in [0.4, 0.5) is 11.4 Å². The smallest absolute Gasteiger partial charge is 0.256 e. The van der Waals surface area contributed by atoms with Crippen molar-refractivity contribution in [1.82, 2.24) is 14.8 Å². The molecule has 0 radical (unpaired) electrons. The molecule has 7 heteroatoms. The minimum absolute atomic E-state index is 0.151. The van der Waals surface area contributed by atoms with E-state index in [2.05, 4.69) is 15.7 Å². The summed E-state index contributed by atoms with van der Waals surface area (Å²) in [6.07, 6.45) is 1.69. The summed E-state index contributed by atoms with van der Waals surface area (Å²) in [6.45, 7) is 1.99. The molecule has 2 N–H and O–H groups in total. The monoisotopic (exact) mass is 461 g/mol. The molecule has 2 aromatic heterocycles. The normalized spacial score (nSPS) is 10.8. The molecular weight excluding hydrogens is 438 g/mol. The molecule has 2 amide bonds. The molecule has 0 aliphatic rings. The zero-order chi connectivity index (χ0) is 24.2. The van der Waals surface area contributed by atoms with Crippen molar-refractivity contribution in [2.24, 2.45) is 0 Å². The average Bonchev–Trinajstić information content (AvgIpc) is 3.28. The van der Waals surface area contributed by atoms with Gasteiger partial charge in [0.1, 0.15) is 0 Å². The number of pyridine rings is 1. The third-order valence-electron chi connectivity index (χ3n) is 5.56. The van der Waals surface area contributed by atoms with Crippen molar-refractivity contribution in [3.8, 4) is 11.3 Å². The van der Waals surface area contributed by atoms with Crippen LogP contribution in [0, 0.1) is 0 Å². The fourth-order valence-electron chi connectivity index (χ4n) is 3.90. The third-order valence-corrected chi connectivity index (χ3v) is 5.56. The Morgan fingerprint density at radius 3 is 2.11 bits per heavy atom. The van der Waals surface area contributed by atoms with Crippen LogP contribution in [0.5, 0.6) is 0 Å². The van der Waals surface area contributed by atoms with Gasteiger partial charge in [0.15, 0.2) is 5.65 Å². The first kappa shape index (κ1) is 22.0. The van der Waals surface area contributed by atoms with Gasteiger partial charge in [0, 0.05) is 23.9 Å². The number of benzene rings is 3. The molecule has 7 nitrogen and oxygen atoms in total. The lowest BCUT2D eigenvalue weighted by Gasteiger charge is -2.11. The van der Waals surface area contributed by atoms with Gasteiger partial charge in [-0.05, 0) is 35.9 Å². The van der Waals surface area contributed by atoms with Crippen LogP contribution in [0.2, 0.25) is 0 Å². The Labute approximate surface area is 202 Å². The van der Waals surface area contributed by atoms with Gasteiger partial charge < -0.3 is 10.6 Å². The van der Waals surface area contributed by atoms with Crippen molar-refractivity contribution < 1.29 is 9.59 Å². The summed E-state index contributed by atoms with van der Waals surface area (Å²) in [5.41, 5.74) is 5.10. The van der Waals surface area contributed by atoms with Crippen molar-refractivity contribution in [1.29, 1.82) is 0 Å². The Bertz CT molecular complexity index is 1490. The summed E-state index contributed by atoms with van der Waals surface area (Å²) in [5, 5.41) is 10.9. The first-order valence-electron chi connectivity index (χ1n) is 11.2. The second kappa shape index (κ2) is 9.61. The number of hydrogen-bond acceptors (Lipinski definition) is 4. The molecule has 5 aromatic rings. The van der Waals surface area contributed by atoms with Gasteiger partial charge in [-0.1, -0.05) is 60.7 Å². The molecule has 172 valence electrons. The molecule has 0 aliphatic heterocycles. The van der Waals surface area contributed by atoms with E-state index in [1.165, 1.54) is 6.92 Å². The molecule has 5 rings (SSSR count).